The number of hydrogen-bond acceptors (Lipinski definition) is 6. The third kappa shape index (κ3) is 2.33. The fourth-order valence-electron chi connectivity index (χ4n) is 1.52. The van der Waals surface area contributed by atoms with Gasteiger partial charge < -0.3 is 19.6 Å². The standard InChI is InChI=1S/C10H14N2O4/c1-2-15-9(14)8-5-16-10(12-8)11-6-3-7(13)4-6/h5-7,13H,2-4H2,1H3,(H,11,12). The fraction of sp³-hybridized carbons (Fsp3) is 0.600. The average Bonchev–Trinajstić information content (AvgIpc) is 2.64. The molecular weight excluding hydrogens is 212 g/mol. The maximum Gasteiger partial charge on any atom is 0.360 e. The average molecular weight is 226 g/mol. The molecule has 1 aromatic rings. The number of hydrogen-bond donors (Lipinski definition) is 2. The highest BCUT2D eigenvalue weighted by molar-refractivity contribution is 5.87. The first-order valence-corrected chi connectivity index (χ1v) is 5.26. The van der Waals surface area contributed by atoms with Crippen LogP contribution in [0.1, 0.15) is 30.3 Å². The summed E-state index contributed by atoms with van der Waals surface area (Å²) >= 11 is 0. The van der Waals surface area contributed by atoms with Gasteiger partial charge in [0, 0.05) is 6.04 Å². The van der Waals surface area contributed by atoms with Gasteiger partial charge in [-0.25, -0.2) is 4.79 Å². The number of aliphatic hydroxyl groups excluding tert-OH is 1. The number of nitrogens with zero attached hydrogens (tertiary/aromatic N) is 1. The van der Waals surface area contributed by atoms with Gasteiger partial charge in [-0.05, 0) is 19.8 Å². The Bertz CT molecular complexity index is 371. The molecule has 1 aliphatic carbocycles. The Morgan fingerprint density at radius 1 is 1.75 bits per heavy atom. The topological polar surface area (TPSA) is 84.6 Å². The van der Waals surface area contributed by atoms with E-state index >= 15 is 0 Å². The van der Waals surface area contributed by atoms with E-state index in [-0.39, 0.29) is 17.8 Å². The van der Waals surface area contributed by atoms with Crippen molar-refractivity contribution in [1.82, 2.24) is 4.98 Å². The molecule has 0 atom stereocenters. The van der Waals surface area contributed by atoms with E-state index in [0.29, 0.717) is 25.5 Å². The first kappa shape index (κ1) is 10.9. The summed E-state index contributed by atoms with van der Waals surface area (Å²) in [4.78, 5) is 15.2. The molecule has 0 bridgehead atoms. The number of ether oxygens (including phenoxy) is 1. The van der Waals surface area contributed by atoms with Crippen LogP contribution in [0.2, 0.25) is 0 Å². The Morgan fingerprint density at radius 3 is 3.12 bits per heavy atom. The van der Waals surface area contributed by atoms with Gasteiger partial charge in [0.1, 0.15) is 6.26 Å². The molecule has 16 heavy (non-hydrogen) atoms. The lowest BCUT2D eigenvalue weighted by atomic mass is 9.90. The molecule has 0 aromatic carbocycles. The van der Waals surface area contributed by atoms with Gasteiger partial charge in [0.2, 0.25) is 0 Å². The van der Waals surface area contributed by atoms with Crippen LogP contribution in [0.5, 0.6) is 0 Å². The highest BCUT2D eigenvalue weighted by Crippen LogP contribution is 2.23. The van der Waals surface area contributed by atoms with Crippen LogP contribution in [-0.2, 0) is 4.74 Å². The highest BCUT2D eigenvalue weighted by atomic mass is 16.5. The first-order valence-electron chi connectivity index (χ1n) is 5.26. The van der Waals surface area contributed by atoms with Gasteiger partial charge in [0.25, 0.3) is 6.01 Å². The molecule has 1 aliphatic rings. The van der Waals surface area contributed by atoms with E-state index in [1.165, 1.54) is 6.26 Å². The predicted octanol–water partition coefficient (Wildman–Crippen LogP) is 0.786. The van der Waals surface area contributed by atoms with Crippen LogP contribution in [-0.4, -0.2) is 34.8 Å². The van der Waals surface area contributed by atoms with Crippen molar-refractivity contribution in [3.8, 4) is 0 Å². The van der Waals surface area contributed by atoms with Crippen LogP contribution < -0.4 is 5.32 Å². The van der Waals surface area contributed by atoms with Gasteiger partial charge in [0.15, 0.2) is 5.69 Å². The van der Waals surface area contributed by atoms with E-state index in [4.69, 9.17) is 14.3 Å². The summed E-state index contributed by atoms with van der Waals surface area (Å²) in [7, 11) is 0. The molecule has 1 aromatic heterocycles. The molecule has 6 nitrogen and oxygen atoms in total. The van der Waals surface area contributed by atoms with Crippen molar-refractivity contribution in [2.75, 3.05) is 11.9 Å². The predicted molar refractivity (Wildman–Crippen MR) is 55.1 cm³/mol. The van der Waals surface area contributed by atoms with Crippen LogP contribution in [0.15, 0.2) is 10.7 Å². The second kappa shape index (κ2) is 4.52. The lowest BCUT2D eigenvalue weighted by molar-refractivity contribution is 0.0519. The molecule has 1 heterocycles. The zero-order chi connectivity index (χ0) is 11.5. The number of rotatable bonds is 4. The normalized spacial score (nSPS) is 23.6. The van der Waals surface area contributed by atoms with Crippen LogP contribution in [0.25, 0.3) is 0 Å². The monoisotopic (exact) mass is 226 g/mol. The second-order valence-corrected chi connectivity index (χ2v) is 3.72. The number of nitrogens with one attached hydrogen (secondary N) is 1. The highest BCUT2D eigenvalue weighted by Gasteiger charge is 2.28. The summed E-state index contributed by atoms with van der Waals surface area (Å²) < 4.78 is 9.84. The third-order valence-corrected chi connectivity index (χ3v) is 2.43. The molecule has 0 saturated heterocycles. The van der Waals surface area contributed by atoms with E-state index in [0.717, 1.165) is 0 Å². The summed E-state index contributed by atoms with van der Waals surface area (Å²) in [6.07, 6.45) is 2.38. The molecule has 6 heteroatoms. The van der Waals surface area contributed by atoms with Crippen molar-refractivity contribution in [2.24, 2.45) is 0 Å². The molecule has 0 amide bonds. The van der Waals surface area contributed by atoms with Gasteiger partial charge in [-0.2, -0.15) is 4.98 Å². The Hall–Kier alpha value is -1.56. The molecule has 88 valence electrons. The largest absolute Gasteiger partial charge is 0.461 e. The van der Waals surface area contributed by atoms with E-state index in [1.54, 1.807) is 6.92 Å². The minimum atomic E-state index is -0.493. The molecule has 2 rings (SSSR count). The zero-order valence-electron chi connectivity index (χ0n) is 8.97. The Labute approximate surface area is 92.6 Å². The van der Waals surface area contributed by atoms with Crippen molar-refractivity contribution in [3.63, 3.8) is 0 Å². The Balaban J connectivity index is 1.89. The minimum absolute atomic E-state index is 0.157. The molecule has 0 spiro atoms. The summed E-state index contributed by atoms with van der Waals surface area (Å²) in [5.74, 6) is -0.493. The molecule has 0 radical (unpaired) electrons. The van der Waals surface area contributed by atoms with E-state index in [1.807, 2.05) is 0 Å². The maximum absolute atomic E-state index is 11.3. The van der Waals surface area contributed by atoms with Crippen molar-refractivity contribution >= 4 is 12.0 Å². The summed E-state index contributed by atoms with van der Waals surface area (Å²) in [5, 5.41) is 12.1. The zero-order valence-corrected chi connectivity index (χ0v) is 8.97. The van der Waals surface area contributed by atoms with Gasteiger partial charge >= 0.3 is 5.97 Å². The fourth-order valence-corrected chi connectivity index (χ4v) is 1.52. The van der Waals surface area contributed by atoms with Crippen LogP contribution >= 0.6 is 0 Å². The van der Waals surface area contributed by atoms with E-state index in [2.05, 4.69) is 10.3 Å². The van der Waals surface area contributed by atoms with Crippen molar-refractivity contribution in [3.05, 3.63) is 12.0 Å². The molecule has 1 saturated carbocycles. The number of aliphatic hydroxyl groups is 1. The SMILES string of the molecule is CCOC(=O)c1coc(NC2CC(O)C2)n1. The number of anilines is 1. The lowest BCUT2D eigenvalue weighted by Gasteiger charge is -2.31. The van der Waals surface area contributed by atoms with E-state index in [9.17, 15) is 4.79 Å². The third-order valence-electron chi connectivity index (χ3n) is 2.43. The molecule has 0 unspecified atom stereocenters. The van der Waals surface area contributed by atoms with Crippen LogP contribution in [0.3, 0.4) is 0 Å². The molecule has 2 N–H and O–H groups in total. The number of aromatic nitrogens is 1. The van der Waals surface area contributed by atoms with Crippen LogP contribution in [0.4, 0.5) is 6.01 Å². The Morgan fingerprint density at radius 2 is 2.50 bits per heavy atom. The first-order chi connectivity index (χ1) is 7.69. The van der Waals surface area contributed by atoms with Gasteiger partial charge in [0.05, 0.1) is 12.7 Å². The van der Waals surface area contributed by atoms with Crippen LogP contribution in [0, 0.1) is 0 Å². The number of oxazole rings is 1. The number of carbonyl (C=O) groups excluding carboxylic acids is 1. The molecule has 0 aliphatic heterocycles. The smallest absolute Gasteiger partial charge is 0.360 e. The summed E-state index contributed by atoms with van der Waals surface area (Å²) in [6, 6.07) is 0.462. The minimum Gasteiger partial charge on any atom is -0.461 e. The summed E-state index contributed by atoms with van der Waals surface area (Å²) in [5.41, 5.74) is 0.157. The number of esters is 1. The van der Waals surface area contributed by atoms with E-state index < -0.39 is 5.97 Å². The van der Waals surface area contributed by atoms with Gasteiger partial charge in [-0.3, -0.25) is 0 Å². The second-order valence-electron chi connectivity index (χ2n) is 3.72. The van der Waals surface area contributed by atoms with Crippen molar-refractivity contribution < 1.29 is 19.1 Å². The maximum atomic E-state index is 11.3. The van der Waals surface area contributed by atoms with Crippen molar-refractivity contribution in [2.45, 2.75) is 31.9 Å². The lowest BCUT2D eigenvalue weighted by Crippen LogP contribution is -2.39. The molecule has 1 fully saturated rings. The quantitative estimate of drug-likeness (QED) is 0.738. The van der Waals surface area contributed by atoms with Gasteiger partial charge in [-0.1, -0.05) is 0 Å². The number of carbonyl (C=O) groups is 1. The summed E-state index contributed by atoms with van der Waals surface area (Å²) in [6.45, 7) is 2.04. The molecular formula is C10H14N2O4. The van der Waals surface area contributed by atoms with Crippen molar-refractivity contribution in [1.29, 1.82) is 0 Å². The van der Waals surface area contributed by atoms with Gasteiger partial charge in [-0.15, -0.1) is 0 Å². The Kier molecular flexibility index (Phi) is 3.09.